The second kappa shape index (κ2) is 6.81. The molecule has 0 aliphatic rings. The first kappa shape index (κ1) is 16.3. The van der Waals surface area contributed by atoms with Crippen LogP contribution in [0.4, 0.5) is 13.2 Å². The van der Waals surface area contributed by atoms with E-state index in [0.717, 1.165) is 27.2 Å². The van der Waals surface area contributed by atoms with Gasteiger partial charge in [-0.3, -0.25) is 0 Å². The van der Waals surface area contributed by atoms with E-state index in [-0.39, 0.29) is 0 Å². The number of nitrogens with two attached hydrogens (primary N) is 1. The van der Waals surface area contributed by atoms with Gasteiger partial charge in [-0.05, 0) is 48.9 Å². The van der Waals surface area contributed by atoms with Gasteiger partial charge in [0, 0.05) is 15.6 Å². The van der Waals surface area contributed by atoms with Gasteiger partial charge in [0.2, 0.25) is 0 Å². The van der Waals surface area contributed by atoms with Crippen LogP contribution in [0.1, 0.15) is 11.1 Å². The van der Waals surface area contributed by atoms with Crippen LogP contribution in [0.25, 0.3) is 0 Å². The lowest BCUT2D eigenvalue weighted by atomic mass is 10.1. The molecule has 0 spiro atoms. The normalized spacial score (nSPS) is 11.7. The Morgan fingerprint density at radius 2 is 1.95 bits per heavy atom. The van der Waals surface area contributed by atoms with Crippen molar-refractivity contribution in [1.82, 2.24) is 4.98 Å². The van der Waals surface area contributed by atoms with Crippen molar-refractivity contribution < 1.29 is 13.2 Å². The summed E-state index contributed by atoms with van der Waals surface area (Å²) in [5, 5.41) is 0.517. The van der Waals surface area contributed by atoms with Crippen molar-refractivity contribution >= 4 is 27.7 Å². The van der Waals surface area contributed by atoms with Crippen molar-refractivity contribution in [2.75, 3.05) is 6.54 Å². The predicted octanol–water partition coefficient (Wildman–Crippen LogP) is 4.52. The molecule has 0 amide bonds. The predicted molar refractivity (Wildman–Crippen MR) is 80.3 cm³/mol. The molecular formula is C14H12BrF3N2S. The molecule has 0 saturated carbocycles. The van der Waals surface area contributed by atoms with E-state index in [1.165, 1.54) is 17.8 Å². The number of pyridine rings is 1. The highest BCUT2D eigenvalue weighted by Gasteiger charge is 2.30. The maximum Gasteiger partial charge on any atom is 0.417 e. The minimum Gasteiger partial charge on any atom is -0.330 e. The number of halogens is 4. The number of hydrogen-bond acceptors (Lipinski definition) is 3. The molecule has 1 heterocycles. The van der Waals surface area contributed by atoms with Gasteiger partial charge in [0.25, 0.3) is 0 Å². The van der Waals surface area contributed by atoms with Gasteiger partial charge in [-0.1, -0.05) is 27.7 Å². The Labute approximate surface area is 133 Å². The smallest absolute Gasteiger partial charge is 0.330 e. The molecule has 1 aromatic carbocycles. The Kier molecular flexibility index (Phi) is 5.29. The fourth-order valence-corrected chi connectivity index (χ4v) is 3.02. The average Bonchev–Trinajstić information content (AvgIpc) is 2.42. The Morgan fingerprint density at radius 1 is 1.19 bits per heavy atom. The summed E-state index contributed by atoms with van der Waals surface area (Å²) < 4.78 is 38.4. The second-order valence-electron chi connectivity index (χ2n) is 4.28. The molecule has 0 aliphatic heterocycles. The third kappa shape index (κ3) is 4.46. The minimum atomic E-state index is -4.36. The molecular weight excluding hydrogens is 365 g/mol. The number of hydrogen-bond donors (Lipinski definition) is 1. The van der Waals surface area contributed by atoms with Crippen molar-refractivity contribution in [3.8, 4) is 0 Å². The van der Waals surface area contributed by atoms with Crippen LogP contribution in [-0.2, 0) is 12.6 Å². The van der Waals surface area contributed by atoms with E-state index < -0.39 is 11.7 Å². The van der Waals surface area contributed by atoms with Gasteiger partial charge in [0.1, 0.15) is 5.03 Å². The van der Waals surface area contributed by atoms with Crippen LogP contribution >= 0.6 is 27.7 Å². The molecule has 2 N–H and O–H groups in total. The zero-order chi connectivity index (χ0) is 15.5. The summed E-state index contributed by atoms with van der Waals surface area (Å²) >= 11 is 4.72. The summed E-state index contributed by atoms with van der Waals surface area (Å²) in [5.41, 5.74) is 5.87. The highest BCUT2D eigenvalue weighted by atomic mass is 79.9. The van der Waals surface area contributed by atoms with Crippen LogP contribution in [0, 0.1) is 0 Å². The Morgan fingerprint density at radius 3 is 2.52 bits per heavy atom. The molecule has 21 heavy (non-hydrogen) atoms. The van der Waals surface area contributed by atoms with Crippen molar-refractivity contribution in [1.29, 1.82) is 0 Å². The number of nitrogens with zero attached hydrogens (tertiary/aromatic N) is 1. The molecule has 7 heteroatoms. The fourth-order valence-electron chi connectivity index (χ4n) is 1.72. The third-order valence-electron chi connectivity index (χ3n) is 2.71. The molecule has 2 nitrogen and oxygen atoms in total. The topological polar surface area (TPSA) is 38.9 Å². The fraction of sp³-hybridized carbons (Fsp3) is 0.214. The van der Waals surface area contributed by atoms with E-state index in [4.69, 9.17) is 5.73 Å². The van der Waals surface area contributed by atoms with Crippen LogP contribution in [0.5, 0.6) is 0 Å². The van der Waals surface area contributed by atoms with E-state index in [2.05, 4.69) is 20.9 Å². The lowest BCUT2D eigenvalue weighted by molar-refractivity contribution is -0.137. The van der Waals surface area contributed by atoms with Crippen LogP contribution in [0.2, 0.25) is 0 Å². The first-order valence-electron chi connectivity index (χ1n) is 6.10. The first-order chi connectivity index (χ1) is 9.90. The van der Waals surface area contributed by atoms with Gasteiger partial charge in [-0.25, -0.2) is 4.98 Å². The lowest BCUT2D eigenvalue weighted by Crippen LogP contribution is -2.05. The maximum atomic E-state index is 12.5. The summed E-state index contributed by atoms with van der Waals surface area (Å²) in [6, 6.07) is 8.16. The standard InChI is InChI=1S/C14H12BrF3N2S/c15-11-2-3-12(9(7-11)5-6-19)21-13-4-1-10(8-20-13)14(16,17)18/h1-4,7-8H,5-6,19H2. The van der Waals surface area contributed by atoms with Crippen LogP contribution < -0.4 is 5.73 Å². The SMILES string of the molecule is NCCc1cc(Br)ccc1Sc1ccc(C(F)(F)F)cn1. The van der Waals surface area contributed by atoms with E-state index in [1.54, 1.807) is 0 Å². The molecule has 0 aliphatic carbocycles. The van der Waals surface area contributed by atoms with Gasteiger partial charge >= 0.3 is 6.18 Å². The summed E-state index contributed by atoms with van der Waals surface area (Å²) in [7, 11) is 0. The van der Waals surface area contributed by atoms with Gasteiger partial charge in [-0.15, -0.1) is 0 Å². The Bertz CT molecular complexity index is 615. The van der Waals surface area contributed by atoms with Crippen molar-refractivity contribution in [2.45, 2.75) is 22.5 Å². The largest absolute Gasteiger partial charge is 0.417 e. The van der Waals surface area contributed by atoms with Crippen molar-refractivity contribution in [2.24, 2.45) is 5.73 Å². The van der Waals surface area contributed by atoms with Crippen molar-refractivity contribution in [3.05, 3.63) is 52.1 Å². The third-order valence-corrected chi connectivity index (χ3v) is 4.28. The molecule has 2 rings (SSSR count). The molecule has 0 saturated heterocycles. The number of rotatable bonds is 4. The van der Waals surface area contributed by atoms with E-state index in [0.29, 0.717) is 18.0 Å². The van der Waals surface area contributed by atoms with E-state index in [1.807, 2.05) is 18.2 Å². The summed E-state index contributed by atoms with van der Waals surface area (Å²) in [4.78, 5) is 4.80. The molecule has 0 radical (unpaired) electrons. The van der Waals surface area contributed by atoms with E-state index >= 15 is 0 Å². The monoisotopic (exact) mass is 376 g/mol. The Balaban J connectivity index is 2.22. The maximum absolute atomic E-state index is 12.5. The van der Waals surface area contributed by atoms with E-state index in [9.17, 15) is 13.2 Å². The zero-order valence-corrected chi connectivity index (χ0v) is 13.2. The van der Waals surface area contributed by atoms with Crippen LogP contribution in [0.3, 0.4) is 0 Å². The first-order valence-corrected chi connectivity index (χ1v) is 7.70. The molecule has 0 bridgehead atoms. The number of alkyl halides is 3. The lowest BCUT2D eigenvalue weighted by Gasteiger charge is -2.10. The number of benzene rings is 1. The quantitative estimate of drug-likeness (QED) is 0.852. The average molecular weight is 377 g/mol. The molecule has 0 atom stereocenters. The van der Waals surface area contributed by atoms with Gasteiger partial charge in [0.15, 0.2) is 0 Å². The molecule has 1 aromatic heterocycles. The second-order valence-corrected chi connectivity index (χ2v) is 6.25. The molecule has 112 valence electrons. The minimum absolute atomic E-state index is 0.504. The highest BCUT2D eigenvalue weighted by molar-refractivity contribution is 9.10. The zero-order valence-electron chi connectivity index (χ0n) is 10.8. The van der Waals surface area contributed by atoms with Crippen LogP contribution in [-0.4, -0.2) is 11.5 Å². The molecule has 2 aromatic rings. The Hall–Kier alpha value is -1.05. The number of aromatic nitrogens is 1. The highest BCUT2D eigenvalue weighted by Crippen LogP contribution is 2.33. The summed E-state index contributed by atoms with van der Waals surface area (Å²) in [6.07, 6.45) is -2.81. The van der Waals surface area contributed by atoms with Gasteiger partial charge in [-0.2, -0.15) is 13.2 Å². The van der Waals surface area contributed by atoms with Crippen LogP contribution in [0.15, 0.2) is 50.9 Å². The van der Waals surface area contributed by atoms with Crippen molar-refractivity contribution in [3.63, 3.8) is 0 Å². The summed E-state index contributed by atoms with van der Waals surface area (Å²) in [6.45, 7) is 0.504. The van der Waals surface area contributed by atoms with Gasteiger partial charge < -0.3 is 5.73 Å². The summed E-state index contributed by atoms with van der Waals surface area (Å²) in [5.74, 6) is 0. The molecule has 0 unspecified atom stereocenters. The molecule has 0 fully saturated rings. The van der Waals surface area contributed by atoms with Gasteiger partial charge in [0.05, 0.1) is 5.56 Å².